The summed E-state index contributed by atoms with van der Waals surface area (Å²) in [5.41, 5.74) is 0.737. The second-order valence-electron chi connectivity index (χ2n) is 7.76. The van der Waals surface area contributed by atoms with Crippen LogP contribution in [0.3, 0.4) is 0 Å². The van der Waals surface area contributed by atoms with Crippen molar-refractivity contribution in [3.05, 3.63) is 99.2 Å². The molecule has 1 N–H and O–H groups in total. The number of benzene rings is 2. The molecule has 10 heteroatoms. The molecule has 1 aromatic heterocycles. The van der Waals surface area contributed by atoms with Gasteiger partial charge in [0.25, 0.3) is 11.6 Å². The quantitative estimate of drug-likeness (QED) is 0.277. The predicted molar refractivity (Wildman–Crippen MR) is 123 cm³/mol. The van der Waals surface area contributed by atoms with Gasteiger partial charge >= 0.3 is 0 Å². The third kappa shape index (κ3) is 4.45. The Labute approximate surface area is 200 Å². The maximum Gasteiger partial charge on any atom is 0.290 e. The summed E-state index contributed by atoms with van der Waals surface area (Å²) in [6.07, 6.45) is 1.66. The van der Waals surface area contributed by atoms with Crippen molar-refractivity contribution in [2.45, 2.75) is 12.5 Å². The summed E-state index contributed by atoms with van der Waals surface area (Å²) in [7, 11) is 3.04. The highest BCUT2D eigenvalue weighted by molar-refractivity contribution is 6.15. The highest BCUT2D eigenvalue weighted by Crippen LogP contribution is 2.40. The minimum atomic E-state index is -1.04. The van der Waals surface area contributed by atoms with Gasteiger partial charge in [0.2, 0.25) is 5.78 Å². The Morgan fingerprint density at radius 2 is 1.89 bits per heavy atom. The van der Waals surface area contributed by atoms with Crippen molar-refractivity contribution in [2.24, 2.45) is 0 Å². The van der Waals surface area contributed by atoms with Crippen molar-refractivity contribution in [1.82, 2.24) is 4.90 Å². The summed E-state index contributed by atoms with van der Waals surface area (Å²) in [5.74, 6) is -1.13. The zero-order chi connectivity index (χ0) is 25.1. The number of non-ortho nitro benzene ring substituents is 1. The van der Waals surface area contributed by atoms with E-state index in [-0.39, 0.29) is 23.6 Å². The SMILES string of the molecule is COc1ccc(CCN2C(=O)C(O)=C(C(=O)c3ccco3)[C@@H]2c2cccc([N+](=O)[O-])c2)cc1OC. The Hall–Kier alpha value is -4.60. The fraction of sp³-hybridized carbons (Fsp3) is 0.200. The molecule has 1 atom stereocenters. The first-order valence-corrected chi connectivity index (χ1v) is 10.6. The molecule has 0 radical (unpaired) electrons. The van der Waals surface area contributed by atoms with Gasteiger partial charge in [0.05, 0.1) is 37.0 Å². The van der Waals surface area contributed by atoms with Crippen LogP contribution in [-0.2, 0) is 11.2 Å². The number of nitrogens with zero attached hydrogens (tertiary/aromatic N) is 2. The lowest BCUT2D eigenvalue weighted by Gasteiger charge is -2.26. The largest absolute Gasteiger partial charge is 0.503 e. The van der Waals surface area contributed by atoms with Crippen LogP contribution >= 0.6 is 0 Å². The zero-order valence-corrected chi connectivity index (χ0v) is 19.0. The summed E-state index contributed by atoms with van der Waals surface area (Å²) in [5, 5.41) is 22.1. The maximum atomic E-state index is 13.2. The topological polar surface area (TPSA) is 132 Å². The summed E-state index contributed by atoms with van der Waals surface area (Å²) in [6, 6.07) is 12.8. The van der Waals surface area contributed by atoms with E-state index in [4.69, 9.17) is 13.9 Å². The third-order valence-electron chi connectivity index (χ3n) is 5.78. The third-order valence-corrected chi connectivity index (χ3v) is 5.78. The molecule has 0 unspecified atom stereocenters. The van der Waals surface area contributed by atoms with Gasteiger partial charge in [-0.25, -0.2) is 0 Å². The molecular weight excluding hydrogens is 456 g/mol. The monoisotopic (exact) mass is 478 g/mol. The first-order chi connectivity index (χ1) is 16.8. The number of nitro groups is 1. The summed E-state index contributed by atoms with van der Waals surface area (Å²) >= 11 is 0. The van der Waals surface area contributed by atoms with Crippen LogP contribution in [0, 0.1) is 10.1 Å². The van der Waals surface area contributed by atoms with Crippen LogP contribution in [0.15, 0.2) is 76.6 Å². The van der Waals surface area contributed by atoms with Crippen molar-refractivity contribution in [3.63, 3.8) is 0 Å². The van der Waals surface area contributed by atoms with Crippen LogP contribution in [-0.4, -0.2) is 47.4 Å². The van der Waals surface area contributed by atoms with E-state index in [1.54, 1.807) is 18.2 Å². The first-order valence-electron chi connectivity index (χ1n) is 10.6. The molecule has 0 bridgehead atoms. The van der Waals surface area contributed by atoms with Gasteiger partial charge in [0, 0.05) is 18.7 Å². The molecule has 4 rings (SSSR count). The average Bonchev–Trinajstić information content (AvgIpc) is 3.49. The Balaban J connectivity index is 1.71. The number of hydrogen-bond acceptors (Lipinski definition) is 8. The highest BCUT2D eigenvalue weighted by atomic mass is 16.6. The Morgan fingerprint density at radius 1 is 1.11 bits per heavy atom. The molecule has 10 nitrogen and oxygen atoms in total. The molecule has 1 amide bonds. The molecule has 2 aromatic carbocycles. The fourth-order valence-corrected chi connectivity index (χ4v) is 4.10. The lowest BCUT2D eigenvalue weighted by molar-refractivity contribution is -0.384. The number of furan rings is 1. The second-order valence-corrected chi connectivity index (χ2v) is 7.76. The van der Waals surface area contributed by atoms with Gasteiger partial charge in [0.1, 0.15) is 0 Å². The first kappa shape index (κ1) is 23.6. The van der Waals surface area contributed by atoms with E-state index in [0.29, 0.717) is 23.5 Å². The molecule has 0 saturated heterocycles. The van der Waals surface area contributed by atoms with Gasteiger partial charge in [-0.3, -0.25) is 19.7 Å². The fourth-order valence-electron chi connectivity index (χ4n) is 4.10. The normalized spacial score (nSPS) is 15.4. The molecule has 0 fully saturated rings. The van der Waals surface area contributed by atoms with E-state index < -0.39 is 28.4 Å². The summed E-state index contributed by atoms with van der Waals surface area (Å²) in [4.78, 5) is 38.4. The van der Waals surface area contributed by atoms with Crippen LogP contribution in [0.1, 0.15) is 27.7 Å². The van der Waals surface area contributed by atoms with Crippen LogP contribution in [0.4, 0.5) is 5.69 Å². The number of amides is 1. The Morgan fingerprint density at radius 3 is 2.54 bits per heavy atom. The van der Waals surface area contributed by atoms with Crippen molar-refractivity contribution >= 4 is 17.4 Å². The molecular formula is C25H22N2O8. The van der Waals surface area contributed by atoms with Crippen LogP contribution < -0.4 is 9.47 Å². The number of carbonyl (C=O) groups excluding carboxylic acids is 2. The van der Waals surface area contributed by atoms with Gasteiger partial charge in [0.15, 0.2) is 23.0 Å². The molecule has 180 valence electrons. The zero-order valence-electron chi connectivity index (χ0n) is 19.0. The van der Waals surface area contributed by atoms with E-state index in [2.05, 4.69) is 0 Å². The van der Waals surface area contributed by atoms with Crippen molar-refractivity contribution < 1.29 is 33.5 Å². The number of Topliss-reactive ketones (excluding diaryl/α,β-unsaturated/α-hetero) is 1. The molecule has 35 heavy (non-hydrogen) atoms. The van der Waals surface area contributed by atoms with Crippen LogP contribution in [0.5, 0.6) is 11.5 Å². The Kier molecular flexibility index (Phi) is 6.54. The summed E-state index contributed by atoms with van der Waals surface area (Å²) < 4.78 is 15.8. The molecule has 0 aliphatic carbocycles. The minimum absolute atomic E-state index is 0.0588. The lowest BCUT2D eigenvalue weighted by Crippen LogP contribution is -2.33. The van der Waals surface area contributed by atoms with Crippen LogP contribution in [0.25, 0.3) is 0 Å². The highest BCUT2D eigenvalue weighted by Gasteiger charge is 2.44. The van der Waals surface area contributed by atoms with E-state index in [1.807, 2.05) is 6.07 Å². The molecule has 2 heterocycles. The number of rotatable bonds is 9. The number of aliphatic hydroxyl groups is 1. The number of carbonyl (C=O) groups is 2. The maximum absolute atomic E-state index is 13.2. The van der Waals surface area contributed by atoms with Crippen molar-refractivity contribution in [2.75, 3.05) is 20.8 Å². The molecule has 0 saturated carbocycles. The van der Waals surface area contributed by atoms with Gasteiger partial charge < -0.3 is 23.9 Å². The Bertz CT molecular complexity index is 1310. The van der Waals surface area contributed by atoms with E-state index in [1.165, 1.54) is 55.7 Å². The van der Waals surface area contributed by atoms with Crippen molar-refractivity contribution in [3.8, 4) is 11.5 Å². The number of aliphatic hydroxyl groups excluding tert-OH is 1. The molecule has 3 aromatic rings. The van der Waals surface area contributed by atoms with Gasteiger partial charge in [-0.2, -0.15) is 0 Å². The molecule has 0 spiro atoms. The van der Waals surface area contributed by atoms with Gasteiger partial charge in [-0.1, -0.05) is 18.2 Å². The number of ketones is 1. The van der Waals surface area contributed by atoms with E-state index in [0.717, 1.165) is 5.56 Å². The average molecular weight is 478 g/mol. The lowest BCUT2D eigenvalue weighted by atomic mass is 9.94. The molecule has 1 aliphatic heterocycles. The number of methoxy groups -OCH3 is 2. The van der Waals surface area contributed by atoms with Crippen molar-refractivity contribution in [1.29, 1.82) is 0 Å². The van der Waals surface area contributed by atoms with Crippen LogP contribution in [0.2, 0.25) is 0 Å². The standard InChI is InChI=1S/C25H22N2O8/c1-33-18-9-8-15(13-20(18)34-2)10-11-26-22(16-5-3-6-17(14-16)27(31)32)21(24(29)25(26)30)23(28)19-7-4-12-35-19/h3-9,12-14,22,29H,10-11H2,1-2H3/t22-/m0/s1. The summed E-state index contributed by atoms with van der Waals surface area (Å²) in [6.45, 7) is 0.112. The van der Waals surface area contributed by atoms with Gasteiger partial charge in [-0.15, -0.1) is 0 Å². The predicted octanol–water partition coefficient (Wildman–Crippen LogP) is 4.03. The molecule has 1 aliphatic rings. The number of ether oxygens (including phenoxy) is 2. The second kappa shape index (κ2) is 9.72. The smallest absolute Gasteiger partial charge is 0.290 e. The minimum Gasteiger partial charge on any atom is -0.503 e. The number of hydrogen-bond donors (Lipinski definition) is 1. The van der Waals surface area contributed by atoms with Gasteiger partial charge in [-0.05, 0) is 41.8 Å². The number of nitro benzene ring substituents is 1. The van der Waals surface area contributed by atoms with E-state index in [9.17, 15) is 24.8 Å². The van der Waals surface area contributed by atoms with E-state index >= 15 is 0 Å².